The predicted octanol–water partition coefficient (Wildman–Crippen LogP) is 2.92. The van der Waals surface area contributed by atoms with Gasteiger partial charge in [0.25, 0.3) is 0 Å². The van der Waals surface area contributed by atoms with E-state index >= 15 is 0 Å². The topological polar surface area (TPSA) is 38.0 Å². The first kappa shape index (κ1) is 12.3. The molecule has 3 N–H and O–H groups in total. The maximum Gasteiger partial charge on any atom is 0.124 e. The van der Waals surface area contributed by atoms with Gasteiger partial charge >= 0.3 is 0 Å². The van der Waals surface area contributed by atoms with Crippen LogP contribution in [0.2, 0.25) is 0 Å². The van der Waals surface area contributed by atoms with Gasteiger partial charge in [-0.3, -0.25) is 0 Å². The van der Waals surface area contributed by atoms with Gasteiger partial charge in [0.05, 0.1) is 0 Å². The Hall–Kier alpha value is -1.16. The second-order valence-electron chi connectivity index (χ2n) is 4.75. The zero-order valence-electron chi connectivity index (χ0n) is 9.87. The third-order valence-corrected chi connectivity index (χ3v) is 3.51. The minimum atomic E-state index is -0.311. The van der Waals surface area contributed by atoms with Crippen molar-refractivity contribution >= 4 is 22.9 Å². The van der Waals surface area contributed by atoms with Crippen LogP contribution in [-0.4, -0.2) is 11.5 Å². The highest BCUT2D eigenvalue weighted by Crippen LogP contribution is 2.36. The molecule has 0 spiro atoms. The SMILES string of the molecule is CC(CNc1ccc(F)cc1C(N)=S)C1CC1. The van der Waals surface area contributed by atoms with E-state index in [1.807, 2.05) is 0 Å². The molecule has 1 atom stereocenters. The maximum absolute atomic E-state index is 13.1. The molecule has 2 nitrogen and oxygen atoms in total. The summed E-state index contributed by atoms with van der Waals surface area (Å²) < 4.78 is 13.1. The zero-order chi connectivity index (χ0) is 12.4. The van der Waals surface area contributed by atoms with E-state index in [-0.39, 0.29) is 10.8 Å². The fraction of sp³-hybridized carbons (Fsp3) is 0.462. The highest BCUT2D eigenvalue weighted by molar-refractivity contribution is 7.80. The van der Waals surface area contributed by atoms with E-state index in [2.05, 4.69) is 12.2 Å². The van der Waals surface area contributed by atoms with E-state index in [0.29, 0.717) is 11.5 Å². The third kappa shape index (κ3) is 3.16. The molecular weight excluding hydrogens is 235 g/mol. The summed E-state index contributed by atoms with van der Waals surface area (Å²) in [5, 5.41) is 3.31. The quantitative estimate of drug-likeness (QED) is 0.791. The third-order valence-electron chi connectivity index (χ3n) is 3.29. The Morgan fingerprint density at radius 1 is 1.59 bits per heavy atom. The Morgan fingerprint density at radius 3 is 2.88 bits per heavy atom. The number of thiocarbonyl (C=S) groups is 1. The number of rotatable bonds is 5. The average Bonchev–Trinajstić information content (AvgIpc) is 3.10. The Morgan fingerprint density at radius 2 is 2.29 bits per heavy atom. The molecule has 1 fully saturated rings. The lowest BCUT2D eigenvalue weighted by molar-refractivity contribution is 0.536. The van der Waals surface area contributed by atoms with Crippen molar-refractivity contribution in [3.05, 3.63) is 29.6 Å². The molecule has 2 rings (SSSR count). The summed E-state index contributed by atoms with van der Waals surface area (Å²) in [7, 11) is 0. The van der Waals surface area contributed by atoms with Gasteiger partial charge in [-0.2, -0.15) is 0 Å². The smallest absolute Gasteiger partial charge is 0.124 e. The first-order valence-corrected chi connectivity index (χ1v) is 6.32. The highest BCUT2D eigenvalue weighted by atomic mass is 32.1. The first-order valence-electron chi connectivity index (χ1n) is 5.91. The van der Waals surface area contributed by atoms with Crippen molar-refractivity contribution in [2.24, 2.45) is 17.6 Å². The fourth-order valence-corrected chi connectivity index (χ4v) is 2.15. The number of hydrogen-bond donors (Lipinski definition) is 2. The van der Waals surface area contributed by atoms with Crippen LogP contribution in [0.15, 0.2) is 18.2 Å². The summed E-state index contributed by atoms with van der Waals surface area (Å²) in [6, 6.07) is 4.50. The fourth-order valence-electron chi connectivity index (χ4n) is 1.98. The molecular formula is C13H17FN2S. The lowest BCUT2D eigenvalue weighted by Gasteiger charge is -2.15. The number of hydrogen-bond acceptors (Lipinski definition) is 2. The van der Waals surface area contributed by atoms with Crippen molar-refractivity contribution in [1.29, 1.82) is 0 Å². The monoisotopic (exact) mass is 252 g/mol. The van der Waals surface area contributed by atoms with Crippen LogP contribution in [-0.2, 0) is 0 Å². The summed E-state index contributed by atoms with van der Waals surface area (Å²) in [5.74, 6) is 1.17. The van der Waals surface area contributed by atoms with Gasteiger partial charge in [0.1, 0.15) is 10.8 Å². The summed E-state index contributed by atoms with van der Waals surface area (Å²) in [6.45, 7) is 3.11. The number of halogens is 1. The zero-order valence-corrected chi connectivity index (χ0v) is 10.7. The van der Waals surface area contributed by atoms with Gasteiger partial charge < -0.3 is 11.1 Å². The van der Waals surface area contributed by atoms with E-state index in [4.69, 9.17) is 18.0 Å². The van der Waals surface area contributed by atoms with Gasteiger partial charge in [0, 0.05) is 17.8 Å². The molecule has 1 aliphatic carbocycles. The minimum Gasteiger partial charge on any atom is -0.389 e. The van der Waals surface area contributed by atoms with E-state index in [1.54, 1.807) is 6.07 Å². The van der Waals surface area contributed by atoms with Gasteiger partial charge in [0.15, 0.2) is 0 Å². The molecule has 0 bridgehead atoms. The lowest BCUT2D eigenvalue weighted by atomic mass is 10.1. The van der Waals surface area contributed by atoms with Gasteiger partial charge in [0.2, 0.25) is 0 Å². The van der Waals surface area contributed by atoms with Crippen molar-refractivity contribution in [3.63, 3.8) is 0 Å². The lowest BCUT2D eigenvalue weighted by Crippen LogP contribution is -2.17. The van der Waals surface area contributed by atoms with E-state index in [0.717, 1.165) is 18.2 Å². The first-order chi connectivity index (χ1) is 8.08. The average molecular weight is 252 g/mol. The number of benzene rings is 1. The molecule has 1 saturated carbocycles. The number of nitrogens with one attached hydrogen (secondary N) is 1. The van der Waals surface area contributed by atoms with E-state index in [9.17, 15) is 4.39 Å². The van der Waals surface area contributed by atoms with Crippen molar-refractivity contribution < 1.29 is 4.39 Å². The number of anilines is 1. The molecule has 1 aromatic carbocycles. The van der Waals surface area contributed by atoms with Crippen LogP contribution in [0.1, 0.15) is 25.3 Å². The van der Waals surface area contributed by atoms with Gasteiger partial charge in [-0.1, -0.05) is 19.1 Å². The molecule has 0 aliphatic heterocycles. The van der Waals surface area contributed by atoms with Crippen molar-refractivity contribution in [2.45, 2.75) is 19.8 Å². The number of nitrogens with two attached hydrogens (primary N) is 1. The second-order valence-corrected chi connectivity index (χ2v) is 5.19. The summed E-state index contributed by atoms with van der Waals surface area (Å²) in [5.41, 5.74) is 7.00. The predicted molar refractivity (Wildman–Crippen MR) is 72.7 cm³/mol. The molecule has 1 aliphatic rings. The van der Waals surface area contributed by atoms with Crippen LogP contribution in [0.25, 0.3) is 0 Å². The normalized spacial score (nSPS) is 16.6. The Bertz CT molecular complexity index is 429. The molecule has 1 unspecified atom stereocenters. The van der Waals surface area contributed by atoms with Gasteiger partial charge in [-0.05, 0) is 42.9 Å². The van der Waals surface area contributed by atoms with Crippen LogP contribution >= 0.6 is 12.2 Å². The summed E-state index contributed by atoms with van der Waals surface area (Å²) in [4.78, 5) is 0.228. The van der Waals surface area contributed by atoms with Crippen LogP contribution in [0.3, 0.4) is 0 Å². The van der Waals surface area contributed by atoms with Crippen LogP contribution in [0, 0.1) is 17.7 Å². The molecule has 0 saturated heterocycles. The molecule has 1 aromatic rings. The van der Waals surface area contributed by atoms with Gasteiger partial charge in [-0.15, -0.1) is 0 Å². The second kappa shape index (κ2) is 5.00. The van der Waals surface area contributed by atoms with Crippen molar-refractivity contribution in [3.8, 4) is 0 Å². The Kier molecular flexibility index (Phi) is 3.62. The standard InChI is InChI=1S/C13H17FN2S/c1-8(9-2-3-9)7-16-12-5-4-10(14)6-11(12)13(15)17/h4-6,8-9,16H,2-3,7H2,1H3,(H2,15,17). The molecule has 17 heavy (non-hydrogen) atoms. The molecule has 0 amide bonds. The van der Waals surface area contributed by atoms with Crippen LogP contribution in [0.4, 0.5) is 10.1 Å². The summed E-state index contributed by atoms with van der Waals surface area (Å²) in [6.07, 6.45) is 2.66. The highest BCUT2D eigenvalue weighted by Gasteiger charge is 2.27. The van der Waals surface area contributed by atoms with E-state index < -0.39 is 0 Å². The molecule has 0 radical (unpaired) electrons. The Balaban J connectivity index is 2.06. The molecule has 0 aromatic heterocycles. The summed E-state index contributed by atoms with van der Waals surface area (Å²) >= 11 is 4.92. The van der Waals surface area contributed by atoms with Gasteiger partial charge in [-0.25, -0.2) is 4.39 Å². The Labute approximate surface area is 106 Å². The molecule has 92 valence electrons. The van der Waals surface area contributed by atoms with E-state index in [1.165, 1.54) is 25.0 Å². The minimum absolute atomic E-state index is 0.228. The largest absolute Gasteiger partial charge is 0.389 e. The van der Waals surface area contributed by atoms with Crippen molar-refractivity contribution in [1.82, 2.24) is 0 Å². The maximum atomic E-state index is 13.1. The van der Waals surface area contributed by atoms with Crippen LogP contribution < -0.4 is 11.1 Å². The van der Waals surface area contributed by atoms with Crippen LogP contribution in [0.5, 0.6) is 0 Å². The molecule has 4 heteroatoms. The molecule has 0 heterocycles. The van der Waals surface area contributed by atoms with Crippen molar-refractivity contribution in [2.75, 3.05) is 11.9 Å².